The predicted octanol–water partition coefficient (Wildman–Crippen LogP) is 2.83. The molecule has 1 heterocycles. The van der Waals surface area contributed by atoms with Crippen LogP contribution in [0.4, 0.5) is 0 Å². The van der Waals surface area contributed by atoms with E-state index in [0.717, 1.165) is 21.3 Å². The van der Waals surface area contributed by atoms with Gasteiger partial charge in [0, 0.05) is 11.9 Å². The fourth-order valence-electron chi connectivity index (χ4n) is 1.82. The first-order valence-corrected chi connectivity index (χ1v) is 8.68. The van der Waals surface area contributed by atoms with Crippen molar-refractivity contribution in [1.29, 1.82) is 0 Å². The number of nitrogens with one attached hydrogen (secondary N) is 1. The van der Waals surface area contributed by atoms with Gasteiger partial charge in [-0.2, -0.15) is 0 Å². The average molecular weight is 338 g/mol. The summed E-state index contributed by atoms with van der Waals surface area (Å²) in [5.74, 6) is 1.38. The van der Waals surface area contributed by atoms with E-state index in [9.17, 15) is 9.90 Å². The summed E-state index contributed by atoms with van der Waals surface area (Å²) >= 11 is 3.24. The number of aromatic nitrogens is 1. The summed E-state index contributed by atoms with van der Waals surface area (Å²) in [5.41, 5.74) is 1.66. The number of methoxy groups -OCH3 is 1. The number of hydrogen-bond acceptors (Lipinski definition) is 6. The fraction of sp³-hybridized carbons (Fsp3) is 0.333. The highest BCUT2D eigenvalue weighted by Gasteiger charge is 2.09. The molecule has 1 aromatic heterocycles. The molecule has 0 saturated heterocycles. The molecule has 0 saturated carbocycles. The monoisotopic (exact) mass is 338 g/mol. The number of phenolic OH excluding ortho intramolecular Hbond substituents is 1. The van der Waals surface area contributed by atoms with Crippen LogP contribution in [-0.4, -0.2) is 28.9 Å². The number of hydrogen-bond donors (Lipinski definition) is 2. The number of carbonyl (C=O) groups excluding carboxylic acids is 1. The second-order valence-corrected chi connectivity index (χ2v) is 6.87. The van der Waals surface area contributed by atoms with E-state index in [2.05, 4.69) is 17.2 Å². The van der Waals surface area contributed by atoms with Crippen LogP contribution in [0.1, 0.15) is 18.2 Å². The van der Waals surface area contributed by atoms with Crippen molar-refractivity contribution in [3.05, 3.63) is 34.8 Å². The lowest BCUT2D eigenvalue weighted by Crippen LogP contribution is -2.24. The number of thioether (sulfide) groups is 1. The van der Waals surface area contributed by atoms with Crippen molar-refractivity contribution >= 4 is 29.0 Å². The molecule has 0 aliphatic heterocycles. The van der Waals surface area contributed by atoms with Crippen LogP contribution in [0.15, 0.2) is 27.9 Å². The molecule has 2 N–H and O–H groups in total. The van der Waals surface area contributed by atoms with Gasteiger partial charge < -0.3 is 15.2 Å². The number of carbonyl (C=O) groups is 1. The Morgan fingerprint density at radius 3 is 3.05 bits per heavy atom. The van der Waals surface area contributed by atoms with E-state index in [-0.39, 0.29) is 18.1 Å². The maximum absolute atomic E-state index is 11.9. The number of thiazole rings is 1. The Morgan fingerprint density at radius 1 is 1.50 bits per heavy atom. The molecule has 0 aliphatic carbocycles. The van der Waals surface area contributed by atoms with Crippen molar-refractivity contribution in [2.24, 2.45) is 0 Å². The molecule has 2 aromatic rings. The molecular weight excluding hydrogens is 320 g/mol. The lowest BCUT2D eigenvalue weighted by atomic mass is 10.2. The Kier molecular flexibility index (Phi) is 6.09. The highest BCUT2D eigenvalue weighted by atomic mass is 32.2. The maximum Gasteiger partial charge on any atom is 0.226 e. The maximum atomic E-state index is 11.9. The summed E-state index contributed by atoms with van der Waals surface area (Å²) < 4.78 is 6.03. The lowest BCUT2D eigenvalue weighted by molar-refractivity contribution is -0.120. The summed E-state index contributed by atoms with van der Waals surface area (Å²) in [6.07, 6.45) is 0.274. The third-order valence-electron chi connectivity index (χ3n) is 2.87. The standard InChI is InChI=1S/C15H18N2O3S2/c1-3-21-15-17-11(9-22-15)7-14(19)16-8-10-4-5-12(18)13(6-10)20-2/h4-6,9,18H,3,7-8H2,1-2H3,(H,16,19). The second kappa shape index (κ2) is 8.05. The number of nitrogens with zero attached hydrogens (tertiary/aromatic N) is 1. The van der Waals surface area contributed by atoms with Crippen LogP contribution < -0.4 is 10.1 Å². The molecule has 2 rings (SSSR count). The smallest absolute Gasteiger partial charge is 0.226 e. The van der Waals surface area contributed by atoms with Gasteiger partial charge in [0.05, 0.1) is 19.2 Å². The average Bonchev–Trinajstić information content (AvgIpc) is 2.94. The minimum absolute atomic E-state index is 0.0783. The van der Waals surface area contributed by atoms with Gasteiger partial charge in [0.15, 0.2) is 11.5 Å². The number of phenols is 1. The Balaban J connectivity index is 1.86. The molecule has 7 heteroatoms. The van der Waals surface area contributed by atoms with E-state index in [1.54, 1.807) is 41.3 Å². The van der Waals surface area contributed by atoms with Crippen molar-refractivity contribution in [2.45, 2.75) is 24.2 Å². The Bertz CT molecular complexity index is 643. The van der Waals surface area contributed by atoms with E-state index >= 15 is 0 Å². The second-order valence-electron chi connectivity index (χ2n) is 4.50. The van der Waals surface area contributed by atoms with Gasteiger partial charge in [0.1, 0.15) is 4.34 Å². The minimum Gasteiger partial charge on any atom is -0.504 e. The highest BCUT2D eigenvalue weighted by Crippen LogP contribution is 2.26. The number of rotatable bonds is 7. The summed E-state index contributed by atoms with van der Waals surface area (Å²) in [5, 5.41) is 14.3. The van der Waals surface area contributed by atoms with Crippen LogP contribution in [0.2, 0.25) is 0 Å². The zero-order valence-corrected chi connectivity index (χ0v) is 14.1. The first kappa shape index (κ1) is 16.6. The molecule has 0 atom stereocenters. The van der Waals surface area contributed by atoms with Gasteiger partial charge in [-0.3, -0.25) is 4.79 Å². The molecule has 118 valence electrons. The molecule has 22 heavy (non-hydrogen) atoms. The van der Waals surface area contributed by atoms with Crippen molar-refractivity contribution < 1.29 is 14.6 Å². The molecule has 0 unspecified atom stereocenters. The van der Waals surface area contributed by atoms with E-state index in [1.807, 2.05) is 5.38 Å². The van der Waals surface area contributed by atoms with E-state index in [0.29, 0.717) is 12.3 Å². The van der Waals surface area contributed by atoms with Gasteiger partial charge in [-0.05, 0) is 23.4 Å². The third kappa shape index (κ3) is 4.64. The highest BCUT2D eigenvalue weighted by molar-refractivity contribution is 8.00. The van der Waals surface area contributed by atoms with Gasteiger partial charge in [-0.15, -0.1) is 11.3 Å². The molecule has 0 fully saturated rings. The Labute approximate surface area is 137 Å². The number of benzene rings is 1. The number of aromatic hydroxyl groups is 1. The topological polar surface area (TPSA) is 71.5 Å². The predicted molar refractivity (Wildman–Crippen MR) is 88.7 cm³/mol. The van der Waals surface area contributed by atoms with Gasteiger partial charge in [0.2, 0.25) is 5.91 Å². The molecule has 1 amide bonds. The van der Waals surface area contributed by atoms with Crippen molar-refractivity contribution in [2.75, 3.05) is 12.9 Å². The molecule has 0 aliphatic rings. The zero-order chi connectivity index (χ0) is 15.9. The molecule has 0 radical (unpaired) electrons. The lowest BCUT2D eigenvalue weighted by Gasteiger charge is -2.07. The van der Waals surface area contributed by atoms with Crippen molar-refractivity contribution in [3.8, 4) is 11.5 Å². The van der Waals surface area contributed by atoms with Crippen molar-refractivity contribution in [3.63, 3.8) is 0 Å². The SMILES string of the molecule is CCSc1nc(CC(=O)NCc2ccc(O)c(OC)c2)cs1. The van der Waals surface area contributed by atoms with Crippen molar-refractivity contribution in [1.82, 2.24) is 10.3 Å². The van der Waals surface area contributed by atoms with E-state index < -0.39 is 0 Å². The van der Waals surface area contributed by atoms with Crippen LogP contribution in [-0.2, 0) is 17.8 Å². The first-order chi connectivity index (χ1) is 10.6. The van der Waals surface area contributed by atoms with Gasteiger partial charge >= 0.3 is 0 Å². The summed E-state index contributed by atoms with van der Waals surface area (Å²) in [6.45, 7) is 2.46. The number of ether oxygens (including phenoxy) is 1. The van der Waals surface area contributed by atoms with Crippen LogP contribution >= 0.6 is 23.1 Å². The van der Waals surface area contributed by atoms with Crippen LogP contribution in [0.3, 0.4) is 0 Å². The van der Waals surface area contributed by atoms with Crippen LogP contribution in [0.25, 0.3) is 0 Å². The first-order valence-electron chi connectivity index (χ1n) is 6.82. The summed E-state index contributed by atoms with van der Waals surface area (Å²) in [7, 11) is 1.49. The quantitative estimate of drug-likeness (QED) is 0.760. The summed E-state index contributed by atoms with van der Waals surface area (Å²) in [6, 6.07) is 5.00. The van der Waals surface area contributed by atoms with E-state index in [4.69, 9.17) is 4.74 Å². The molecule has 1 aromatic carbocycles. The largest absolute Gasteiger partial charge is 0.504 e. The number of amides is 1. The molecular formula is C15H18N2O3S2. The summed E-state index contributed by atoms with van der Waals surface area (Å²) in [4.78, 5) is 16.3. The van der Waals surface area contributed by atoms with Crippen LogP contribution in [0, 0.1) is 0 Å². The Hall–Kier alpha value is -1.73. The molecule has 0 bridgehead atoms. The Morgan fingerprint density at radius 2 is 2.32 bits per heavy atom. The zero-order valence-electron chi connectivity index (χ0n) is 12.5. The molecule has 5 nitrogen and oxygen atoms in total. The third-order valence-corrected chi connectivity index (χ3v) is 4.83. The fourth-order valence-corrected chi connectivity index (χ4v) is 3.56. The van der Waals surface area contributed by atoms with Gasteiger partial charge in [-0.25, -0.2) is 4.98 Å². The molecule has 0 spiro atoms. The minimum atomic E-state index is -0.0783. The van der Waals surface area contributed by atoms with Gasteiger partial charge in [-0.1, -0.05) is 24.8 Å². The van der Waals surface area contributed by atoms with Gasteiger partial charge in [0.25, 0.3) is 0 Å². The van der Waals surface area contributed by atoms with E-state index in [1.165, 1.54) is 7.11 Å². The van der Waals surface area contributed by atoms with Crippen LogP contribution in [0.5, 0.6) is 11.5 Å². The normalized spacial score (nSPS) is 10.5.